The fraction of sp³-hybridized carbons (Fsp3) is 0.632. The van der Waals surface area contributed by atoms with Crippen molar-refractivity contribution in [3.05, 3.63) is 34.6 Å². The van der Waals surface area contributed by atoms with Crippen LogP contribution in [0.2, 0.25) is 5.02 Å². The molecule has 7 heteroatoms. The van der Waals surface area contributed by atoms with E-state index in [9.17, 15) is 4.39 Å². The van der Waals surface area contributed by atoms with Crippen molar-refractivity contribution < 1.29 is 4.39 Å². The summed E-state index contributed by atoms with van der Waals surface area (Å²) in [5.41, 5.74) is 0.926. The van der Waals surface area contributed by atoms with Crippen LogP contribution in [-0.2, 0) is 6.42 Å². The van der Waals surface area contributed by atoms with E-state index in [-0.39, 0.29) is 29.8 Å². The highest BCUT2D eigenvalue weighted by Crippen LogP contribution is 2.17. The Balaban J connectivity index is 0.00000338. The minimum atomic E-state index is -0.304. The summed E-state index contributed by atoms with van der Waals surface area (Å²) in [6.07, 6.45) is 4.21. The Kier molecular flexibility index (Phi) is 11.5. The van der Waals surface area contributed by atoms with Crippen molar-refractivity contribution in [3.63, 3.8) is 0 Å². The number of benzene rings is 1. The summed E-state index contributed by atoms with van der Waals surface area (Å²) in [7, 11) is 0. The van der Waals surface area contributed by atoms with Gasteiger partial charge in [0.15, 0.2) is 5.96 Å². The number of rotatable bonds is 7. The number of aliphatic imine (C=N–C) groups is 1. The van der Waals surface area contributed by atoms with Gasteiger partial charge in [-0.2, -0.15) is 0 Å². The van der Waals surface area contributed by atoms with Gasteiger partial charge in [-0.15, -0.1) is 24.0 Å². The van der Waals surface area contributed by atoms with Crippen LogP contribution < -0.4 is 10.6 Å². The summed E-state index contributed by atoms with van der Waals surface area (Å²) in [6.45, 7) is 9.24. The maximum atomic E-state index is 13.1. The molecule has 0 amide bonds. The standard InChI is InChI=1S/C19H30ClFN4.HI/c1-3-11-25-12-8-17(9-13-25)24-19(22-4-2)23-10-7-15-5-6-16(21)14-18(15)20;/h5-6,14,17H,3-4,7-13H2,1-2H3,(H2,22,23,24);1H. The number of likely N-dealkylation sites (tertiary alicyclic amines) is 1. The Morgan fingerprint density at radius 3 is 2.65 bits per heavy atom. The van der Waals surface area contributed by atoms with Crippen molar-refractivity contribution in [1.29, 1.82) is 0 Å². The minimum Gasteiger partial charge on any atom is -0.357 e. The molecule has 1 aromatic rings. The molecule has 1 aromatic carbocycles. The number of hydrogen-bond donors (Lipinski definition) is 2. The second-order valence-electron chi connectivity index (χ2n) is 6.51. The van der Waals surface area contributed by atoms with Gasteiger partial charge >= 0.3 is 0 Å². The van der Waals surface area contributed by atoms with Crippen LogP contribution >= 0.6 is 35.6 Å². The van der Waals surface area contributed by atoms with Gasteiger partial charge in [0, 0.05) is 37.2 Å². The molecule has 1 saturated heterocycles. The molecule has 2 N–H and O–H groups in total. The maximum Gasteiger partial charge on any atom is 0.191 e. The molecule has 0 saturated carbocycles. The van der Waals surface area contributed by atoms with Gasteiger partial charge in [-0.3, -0.25) is 4.99 Å². The van der Waals surface area contributed by atoms with Gasteiger partial charge in [0.1, 0.15) is 5.82 Å². The smallest absolute Gasteiger partial charge is 0.191 e. The summed E-state index contributed by atoms with van der Waals surface area (Å²) < 4.78 is 13.1. The zero-order chi connectivity index (χ0) is 18.1. The largest absolute Gasteiger partial charge is 0.357 e. The molecule has 148 valence electrons. The molecule has 0 spiro atoms. The zero-order valence-electron chi connectivity index (χ0n) is 15.7. The highest BCUT2D eigenvalue weighted by atomic mass is 127. The predicted molar refractivity (Wildman–Crippen MR) is 119 cm³/mol. The third-order valence-electron chi connectivity index (χ3n) is 4.48. The number of halogens is 3. The van der Waals surface area contributed by atoms with E-state index in [2.05, 4.69) is 34.4 Å². The highest BCUT2D eigenvalue weighted by Gasteiger charge is 2.19. The van der Waals surface area contributed by atoms with E-state index >= 15 is 0 Å². The van der Waals surface area contributed by atoms with Crippen LogP contribution in [0.1, 0.15) is 38.7 Å². The molecule has 1 aliphatic heterocycles. The summed E-state index contributed by atoms with van der Waals surface area (Å²) in [4.78, 5) is 7.18. The van der Waals surface area contributed by atoms with Crippen molar-refractivity contribution in [3.8, 4) is 0 Å². The first kappa shape index (κ1) is 23.4. The Labute approximate surface area is 179 Å². The Bertz CT molecular complexity index is 562. The Morgan fingerprint density at radius 2 is 2.04 bits per heavy atom. The average molecular weight is 497 g/mol. The molecule has 2 rings (SSSR count). The average Bonchev–Trinajstić information content (AvgIpc) is 2.59. The van der Waals surface area contributed by atoms with E-state index in [0.29, 0.717) is 24.0 Å². The normalized spacial score (nSPS) is 16.2. The van der Waals surface area contributed by atoms with Crippen LogP contribution in [-0.4, -0.2) is 49.6 Å². The van der Waals surface area contributed by atoms with Crippen LogP contribution in [0.5, 0.6) is 0 Å². The summed E-state index contributed by atoms with van der Waals surface area (Å²) in [6, 6.07) is 5.00. The summed E-state index contributed by atoms with van der Waals surface area (Å²) in [5, 5.41) is 7.33. The van der Waals surface area contributed by atoms with E-state index in [1.807, 2.05) is 0 Å². The lowest BCUT2D eigenvalue weighted by molar-refractivity contribution is 0.206. The number of piperidine rings is 1. The Morgan fingerprint density at radius 1 is 1.31 bits per heavy atom. The molecular formula is C19H31ClFIN4. The number of nitrogens with zero attached hydrogens (tertiary/aromatic N) is 2. The van der Waals surface area contributed by atoms with Crippen molar-refractivity contribution in [2.24, 2.45) is 4.99 Å². The lowest BCUT2D eigenvalue weighted by Gasteiger charge is -2.32. The first-order valence-electron chi connectivity index (χ1n) is 9.33. The molecule has 0 atom stereocenters. The van der Waals surface area contributed by atoms with E-state index in [4.69, 9.17) is 11.6 Å². The van der Waals surface area contributed by atoms with Crippen LogP contribution in [0.15, 0.2) is 23.2 Å². The van der Waals surface area contributed by atoms with Gasteiger partial charge in [0.05, 0.1) is 0 Å². The SMILES string of the molecule is CCCN1CCC(NC(=NCCc2ccc(F)cc2Cl)NCC)CC1.I. The molecule has 0 radical (unpaired) electrons. The van der Waals surface area contributed by atoms with Gasteiger partial charge in [-0.1, -0.05) is 24.6 Å². The number of guanidine groups is 1. The van der Waals surface area contributed by atoms with Gasteiger partial charge in [0.2, 0.25) is 0 Å². The maximum absolute atomic E-state index is 13.1. The zero-order valence-corrected chi connectivity index (χ0v) is 18.8. The quantitative estimate of drug-likeness (QED) is 0.340. The van der Waals surface area contributed by atoms with Crippen molar-refractivity contribution in [1.82, 2.24) is 15.5 Å². The monoisotopic (exact) mass is 496 g/mol. The van der Waals surface area contributed by atoms with E-state index in [1.165, 1.54) is 25.1 Å². The molecule has 0 aromatic heterocycles. The van der Waals surface area contributed by atoms with E-state index < -0.39 is 0 Å². The van der Waals surface area contributed by atoms with Crippen molar-refractivity contribution >= 4 is 41.5 Å². The van der Waals surface area contributed by atoms with Gasteiger partial charge in [-0.25, -0.2) is 4.39 Å². The molecule has 1 fully saturated rings. The molecule has 0 aliphatic carbocycles. The number of hydrogen-bond acceptors (Lipinski definition) is 2. The molecule has 0 unspecified atom stereocenters. The van der Waals surface area contributed by atoms with E-state index in [0.717, 1.165) is 44.0 Å². The van der Waals surface area contributed by atoms with Crippen molar-refractivity contribution in [2.45, 2.75) is 45.6 Å². The topological polar surface area (TPSA) is 39.7 Å². The minimum absolute atomic E-state index is 0. The van der Waals surface area contributed by atoms with Crippen LogP contribution in [0.3, 0.4) is 0 Å². The molecule has 1 aliphatic rings. The van der Waals surface area contributed by atoms with Crippen LogP contribution in [0.4, 0.5) is 4.39 Å². The van der Waals surface area contributed by atoms with Crippen LogP contribution in [0, 0.1) is 5.82 Å². The molecule has 0 bridgehead atoms. The first-order valence-corrected chi connectivity index (χ1v) is 9.71. The molecule has 26 heavy (non-hydrogen) atoms. The highest BCUT2D eigenvalue weighted by molar-refractivity contribution is 14.0. The van der Waals surface area contributed by atoms with Crippen molar-refractivity contribution in [2.75, 3.05) is 32.7 Å². The van der Waals surface area contributed by atoms with Gasteiger partial charge in [0.25, 0.3) is 0 Å². The third kappa shape index (κ3) is 7.96. The second kappa shape index (κ2) is 12.7. The Hall–Kier alpha value is -0.600. The lowest BCUT2D eigenvalue weighted by atomic mass is 10.1. The third-order valence-corrected chi connectivity index (χ3v) is 4.83. The van der Waals surface area contributed by atoms with Crippen LogP contribution in [0.25, 0.3) is 0 Å². The molecule has 4 nitrogen and oxygen atoms in total. The summed E-state index contributed by atoms with van der Waals surface area (Å²) >= 11 is 6.08. The number of nitrogens with one attached hydrogen (secondary N) is 2. The molecular weight excluding hydrogens is 466 g/mol. The molecule has 1 heterocycles. The van der Waals surface area contributed by atoms with E-state index in [1.54, 1.807) is 6.07 Å². The first-order chi connectivity index (χ1) is 12.1. The fourth-order valence-electron chi connectivity index (χ4n) is 3.14. The van der Waals surface area contributed by atoms with Gasteiger partial charge < -0.3 is 15.5 Å². The lowest BCUT2D eigenvalue weighted by Crippen LogP contribution is -2.48. The fourth-order valence-corrected chi connectivity index (χ4v) is 3.40. The predicted octanol–water partition coefficient (Wildman–Crippen LogP) is 4.07. The second-order valence-corrected chi connectivity index (χ2v) is 6.91. The van der Waals surface area contributed by atoms with Gasteiger partial charge in [-0.05, 0) is 56.8 Å². The summed E-state index contributed by atoms with van der Waals surface area (Å²) in [5.74, 6) is 0.552.